The van der Waals surface area contributed by atoms with Gasteiger partial charge in [-0.3, -0.25) is 14.6 Å². The number of primary amides is 1. The average molecular weight is 248 g/mol. The van der Waals surface area contributed by atoms with E-state index in [4.69, 9.17) is 5.73 Å². The van der Waals surface area contributed by atoms with Crippen LogP contribution in [0.15, 0.2) is 18.3 Å². The van der Waals surface area contributed by atoms with E-state index >= 15 is 0 Å². The molecule has 0 aliphatic carbocycles. The molecule has 2 heterocycles. The van der Waals surface area contributed by atoms with Crippen molar-refractivity contribution < 1.29 is 9.59 Å². The van der Waals surface area contributed by atoms with Crippen LogP contribution in [0.4, 0.5) is 0 Å². The number of rotatable bonds is 3. The second kappa shape index (κ2) is 5.59. The zero-order valence-electron chi connectivity index (χ0n) is 9.98. The molecule has 1 saturated heterocycles. The molecular weight excluding hydrogens is 232 g/mol. The Morgan fingerprint density at radius 2 is 2.28 bits per heavy atom. The number of hydrogen-bond donors (Lipinski definition) is 3. The van der Waals surface area contributed by atoms with Crippen molar-refractivity contribution in [3.63, 3.8) is 0 Å². The molecule has 0 radical (unpaired) electrons. The molecule has 1 atom stereocenters. The Bertz CT molecular complexity index is 438. The van der Waals surface area contributed by atoms with E-state index in [1.165, 1.54) is 12.3 Å². The third-order valence-electron chi connectivity index (χ3n) is 2.91. The maximum atomic E-state index is 11.9. The molecule has 6 heteroatoms. The highest BCUT2D eigenvalue weighted by molar-refractivity contribution is 5.95. The van der Waals surface area contributed by atoms with Crippen LogP contribution in [0.5, 0.6) is 0 Å². The minimum Gasteiger partial charge on any atom is -0.364 e. The lowest BCUT2D eigenvalue weighted by atomic mass is 10.1. The minimum atomic E-state index is -0.599. The fraction of sp³-hybridized carbons (Fsp3) is 0.417. The van der Waals surface area contributed by atoms with E-state index in [-0.39, 0.29) is 17.6 Å². The van der Waals surface area contributed by atoms with Gasteiger partial charge < -0.3 is 16.4 Å². The predicted molar refractivity (Wildman–Crippen MR) is 66.1 cm³/mol. The lowest BCUT2D eigenvalue weighted by Gasteiger charge is -2.23. The monoisotopic (exact) mass is 248 g/mol. The van der Waals surface area contributed by atoms with Gasteiger partial charge in [-0.05, 0) is 31.5 Å². The fourth-order valence-corrected chi connectivity index (χ4v) is 1.92. The number of carbonyl (C=O) groups is 2. The van der Waals surface area contributed by atoms with Gasteiger partial charge in [-0.2, -0.15) is 0 Å². The van der Waals surface area contributed by atoms with E-state index in [1.807, 2.05) is 0 Å². The Morgan fingerprint density at radius 1 is 1.44 bits per heavy atom. The van der Waals surface area contributed by atoms with Crippen molar-refractivity contribution in [1.29, 1.82) is 0 Å². The van der Waals surface area contributed by atoms with E-state index in [9.17, 15) is 9.59 Å². The molecule has 96 valence electrons. The average Bonchev–Trinajstić information content (AvgIpc) is 2.40. The fourth-order valence-electron chi connectivity index (χ4n) is 1.92. The van der Waals surface area contributed by atoms with Crippen molar-refractivity contribution in [3.05, 3.63) is 29.6 Å². The normalized spacial score (nSPS) is 19.2. The van der Waals surface area contributed by atoms with Crippen molar-refractivity contribution in [2.45, 2.75) is 18.9 Å². The minimum absolute atomic E-state index is 0.155. The Hall–Kier alpha value is -1.95. The van der Waals surface area contributed by atoms with Crippen LogP contribution >= 0.6 is 0 Å². The zero-order chi connectivity index (χ0) is 13.0. The van der Waals surface area contributed by atoms with E-state index in [0.717, 1.165) is 25.9 Å². The van der Waals surface area contributed by atoms with Crippen molar-refractivity contribution in [2.75, 3.05) is 13.1 Å². The molecule has 0 bridgehead atoms. The first-order valence-corrected chi connectivity index (χ1v) is 5.94. The second-order valence-corrected chi connectivity index (χ2v) is 4.31. The van der Waals surface area contributed by atoms with Crippen molar-refractivity contribution in [3.8, 4) is 0 Å². The van der Waals surface area contributed by atoms with Crippen molar-refractivity contribution >= 4 is 11.8 Å². The molecular formula is C12H16N4O2. The number of amides is 2. The first-order valence-electron chi connectivity index (χ1n) is 5.94. The van der Waals surface area contributed by atoms with Gasteiger partial charge in [-0.1, -0.05) is 0 Å². The summed E-state index contributed by atoms with van der Waals surface area (Å²) >= 11 is 0. The summed E-state index contributed by atoms with van der Waals surface area (Å²) in [7, 11) is 0. The summed E-state index contributed by atoms with van der Waals surface area (Å²) in [6.07, 6.45) is 3.40. The lowest BCUT2D eigenvalue weighted by molar-refractivity contribution is 0.0927. The van der Waals surface area contributed by atoms with Crippen LogP contribution in [-0.2, 0) is 0 Å². The van der Waals surface area contributed by atoms with Crippen LogP contribution < -0.4 is 16.4 Å². The van der Waals surface area contributed by atoms with Gasteiger partial charge >= 0.3 is 0 Å². The third-order valence-corrected chi connectivity index (χ3v) is 2.91. The highest BCUT2D eigenvalue weighted by Gasteiger charge is 2.16. The lowest BCUT2D eigenvalue weighted by Crippen LogP contribution is -2.45. The molecule has 0 aromatic carbocycles. The number of nitrogens with one attached hydrogen (secondary N) is 2. The molecule has 0 spiro atoms. The number of nitrogens with zero attached hydrogens (tertiary/aromatic N) is 1. The Kier molecular flexibility index (Phi) is 3.88. The van der Waals surface area contributed by atoms with Crippen LogP contribution in [0.25, 0.3) is 0 Å². The van der Waals surface area contributed by atoms with Gasteiger partial charge in [-0.25, -0.2) is 0 Å². The van der Waals surface area contributed by atoms with Crippen LogP contribution in [0.3, 0.4) is 0 Å². The molecule has 18 heavy (non-hydrogen) atoms. The molecule has 2 amide bonds. The van der Waals surface area contributed by atoms with E-state index < -0.39 is 5.91 Å². The topological polar surface area (TPSA) is 97.1 Å². The Balaban J connectivity index is 1.97. The molecule has 0 saturated carbocycles. The van der Waals surface area contributed by atoms with Crippen molar-refractivity contribution in [1.82, 2.24) is 15.6 Å². The van der Waals surface area contributed by atoms with Crippen LogP contribution in [0.1, 0.15) is 33.7 Å². The maximum absolute atomic E-state index is 11.9. The first-order chi connectivity index (χ1) is 8.66. The number of pyridine rings is 1. The van der Waals surface area contributed by atoms with Crippen LogP contribution in [0, 0.1) is 0 Å². The van der Waals surface area contributed by atoms with Crippen LogP contribution in [0.2, 0.25) is 0 Å². The molecule has 0 unspecified atom stereocenters. The van der Waals surface area contributed by atoms with E-state index in [2.05, 4.69) is 15.6 Å². The highest BCUT2D eigenvalue weighted by atomic mass is 16.2. The van der Waals surface area contributed by atoms with Gasteiger partial charge in [0.1, 0.15) is 5.69 Å². The maximum Gasteiger partial charge on any atom is 0.267 e. The molecule has 1 aliphatic rings. The number of carbonyl (C=O) groups excluding carboxylic acids is 2. The molecule has 6 nitrogen and oxygen atoms in total. The van der Waals surface area contributed by atoms with Crippen LogP contribution in [-0.4, -0.2) is 35.9 Å². The Morgan fingerprint density at radius 3 is 2.83 bits per heavy atom. The molecule has 1 aromatic heterocycles. The van der Waals surface area contributed by atoms with Gasteiger partial charge in [0, 0.05) is 18.8 Å². The predicted octanol–water partition coefficient (Wildman–Crippen LogP) is -0.338. The summed E-state index contributed by atoms with van der Waals surface area (Å²) in [6, 6.07) is 3.16. The van der Waals surface area contributed by atoms with E-state index in [0.29, 0.717) is 5.56 Å². The number of aromatic nitrogens is 1. The summed E-state index contributed by atoms with van der Waals surface area (Å²) in [4.78, 5) is 26.6. The number of piperidine rings is 1. The number of nitrogens with two attached hydrogens (primary N) is 1. The van der Waals surface area contributed by atoms with E-state index in [1.54, 1.807) is 6.07 Å². The largest absolute Gasteiger partial charge is 0.364 e. The van der Waals surface area contributed by atoms with Gasteiger partial charge in [0.05, 0.1) is 5.56 Å². The molecule has 2 rings (SSSR count). The third kappa shape index (κ3) is 3.04. The van der Waals surface area contributed by atoms with Gasteiger partial charge in [-0.15, -0.1) is 0 Å². The zero-order valence-corrected chi connectivity index (χ0v) is 9.98. The number of hydrogen-bond acceptors (Lipinski definition) is 4. The SMILES string of the molecule is NC(=O)c1ccc(C(=O)N[C@H]2CCCNC2)cn1. The molecule has 4 N–H and O–H groups in total. The summed E-state index contributed by atoms with van der Waals surface area (Å²) in [5, 5.41) is 6.15. The van der Waals surface area contributed by atoms with Gasteiger partial charge in [0.2, 0.25) is 0 Å². The molecule has 1 fully saturated rings. The second-order valence-electron chi connectivity index (χ2n) is 4.31. The molecule has 1 aliphatic heterocycles. The molecule has 1 aromatic rings. The summed E-state index contributed by atoms with van der Waals surface area (Å²) < 4.78 is 0. The quantitative estimate of drug-likeness (QED) is 0.682. The van der Waals surface area contributed by atoms with Gasteiger partial charge in [0.15, 0.2) is 0 Å². The van der Waals surface area contributed by atoms with Crippen molar-refractivity contribution in [2.24, 2.45) is 5.73 Å². The summed E-state index contributed by atoms with van der Waals surface area (Å²) in [5.41, 5.74) is 5.67. The smallest absolute Gasteiger partial charge is 0.267 e. The summed E-state index contributed by atoms with van der Waals surface area (Å²) in [6.45, 7) is 1.79. The summed E-state index contributed by atoms with van der Waals surface area (Å²) in [5.74, 6) is -0.773. The van der Waals surface area contributed by atoms with Gasteiger partial charge in [0.25, 0.3) is 11.8 Å². The standard InChI is InChI=1S/C12H16N4O2/c13-11(17)10-4-3-8(6-15-10)12(18)16-9-2-1-5-14-7-9/h3-4,6,9,14H,1-2,5,7H2,(H2,13,17)(H,16,18)/t9-/m0/s1. The first kappa shape index (κ1) is 12.5. The Labute approximate surface area is 105 Å². The highest BCUT2D eigenvalue weighted by Crippen LogP contribution is 2.04.